The molecule has 2 N–H and O–H groups in total. The van der Waals surface area contributed by atoms with Gasteiger partial charge in [-0.3, -0.25) is 0 Å². The van der Waals surface area contributed by atoms with Crippen LogP contribution in [0.15, 0.2) is 24.3 Å². The number of methoxy groups -OCH3 is 2. The van der Waals surface area contributed by atoms with Gasteiger partial charge in [-0.1, -0.05) is 12.1 Å². The summed E-state index contributed by atoms with van der Waals surface area (Å²) in [5.41, 5.74) is 7.57. The van der Waals surface area contributed by atoms with Gasteiger partial charge < -0.3 is 24.8 Å². The fourth-order valence-corrected chi connectivity index (χ4v) is 2.04. The van der Waals surface area contributed by atoms with Gasteiger partial charge in [-0.15, -0.1) is 0 Å². The Kier molecular flexibility index (Phi) is 8.22. The van der Waals surface area contributed by atoms with E-state index in [1.165, 1.54) is 5.69 Å². The maximum Gasteiger partial charge on any atom is 0.183 e. The summed E-state index contributed by atoms with van der Waals surface area (Å²) in [6.45, 7) is 5.78. The standard InChI is InChI=1S/C15H26N2O3/c1-4-17(10-12-20-11-9-16)14-7-5-13(6-8-14)15(18-2)19-3/h5-8,15H,4,9-12,16H2,1-3H3. The van der Waals surface area contributed by atoms with Gasteiger partial charge in [-0.05, 0) is 19.1 Å². The second-order valence-corrected chi connectivity index (χ2v) is 4.38. The van der Waals surface area contributed by atoms with Crippen molar-refractivity contribution in [2.75, 3.05) is 52.0 Å². The molecule has 20 heavy (non-hydrogen) atoms. The van der Waals surface area contributed by atoms with Crippen molar-refractivity contribution in [3.8, 4) is 0 Å². The summed E-state index contributed by atoms with van der Waals surface area (Å²) in [6.07, 6.45) is -0.313. The maximum atomic E-state index is 5.43. The maximum absolute atomic E-state index is 5.43. The highest BCUT2D eigenvalue weighted by Gasteiger charge is 2.10. The van der Waals surface area contributed by atoms with Crippen molar-refractivity contribution in [3.63, 3.8) is 0 Å². The Balaban J connectivity index is 2.60. The molecule has 0 fully saturated rings. The van der Waals surface area contributed by atoms with Crippen molar-refractivity contribution in [1.29, 1.82) is 0 Å². The molecule has 0 aliphatic rings. The number of rotatable bonds is 10. The number of hydrogen-bond donors (Lipinski definition) is 1. The van der Waals surface area contributed by atoms with Crippen LogP contribution in [0.25, 0.3) is 0 Å². The van der Waals surface area contributed by atoms with Gasteiger partial charge in [-0.2, -0.15) is 0 Å². The highest BCUT2D eigenvalue weighted by molar-refractivity contribution is 5.47. The Labute approximate surface area is 121 Å². The molecule has 0 aliphatic carbocycles. The van der Waals surface area contributed by atoms with E-state index in [9.17, 15) is 0 Å². The highest BCUT2D eigenvalue weighted by atomic mass is 16.7. The Bertz CT molecular complexity index is 353. The van der Waals surface area contributed by atoms with Gasteiger partial charge in [0.05, 0.1) is 13.2 Å². The molecule has 5 nitrogen and oxygen atoms in total. The third-order valence-corrected chi connectivity index (χ3v) is 3.11. The second-order valence-electron chi connectivity index (χ2n) is 4.38. The first-order chi connectivity index (χ1) is 9.76. The van der Waals surface area contributed by atoms with Gasteiger partial charge in [0.25, 0.3) is 0 Å². The average Bonchev–Trinajstić information content (AvgIpc) is 2.50. The molecule has 0 heterocycles. The van der Waals surface area contributed by atoms with Crippen LogP contribution in [-0.4, -0.2) is 47.1 Å². The summed E-state index contributed by atoms with van der Waals surface area (Å²) in [7, 11) is 3.27. The van der Waals surface area contributed by atoms with E-state index in [2.05, 4.69) is 24.0 Å². The van der Waals surface area contributed by atoms with E-state index >= 15 is 0 Å². The first kappa shape index (κ1) is 16.9. The molecule has 0 radical (unpaired) electrons. The third-order valence-electron chi connectivity index (χ3n) is 3.11. The van der Waals surface area contributed by atoms with E-state index in [-0.39, 0.29) is 6.29 Å². The first-order valence-corrected chi connectivity index (χ1v) is 6.95. The van der Waals surface area contributed by atoms with Gasteiger partial charge in [0, 0.05) is 45.1 Å². The smallest absolute Gasteiger partial charge is 0.183 e. The van der Waals surface area contributed by atoms with Gasteiger partial charge in [-0.25, -0.2) is 0 Å². The van der Waals surface area contributed by atoms with E-state index in [1.54, 1.807) is 14.2 Å². The molecule has 0 spiro atoms. The summed E-state index contributed by atoms with van der Waals surface area (Å²) in [6, 6.07) is 8.20. The Morgan fingerprint density at radius 1 is 1.10 bits per heavy atom. The number of ether oxygens (including phenoxy) is 3. The zero-order valence-corrected chi connectivity index (χ0v) is 12.7. The fraction of sp³-hybridized carbons (Fsp3) is 0.600. The summed E-state index contributed by atoms with van der Waals surface area (Å²) < 4.78 is 15.9. The van der Waals surface area contributed by atoms with Crippen molar-refractivity contribution in [2.45, 2.75) is 13.2 Å². The van der Waals surface area contributed by atoms with Crippen LogP contribution >= 0.6 is 0 Å². The lowest BCUT2D eigenvalue weighted by molar-refractivity contribution is -0.106. The number of hydrogen-bond acceptors (Lipinski definition) is 5. The Morgan fingerprint density at radius 2 is 1.75 bits per heavy atom. The minimum atomic E-state index is -0.313. The number of anilines is 1. The molecule has 1 aromatic rings. The largest absolute Gasteiger partial charge is 0.378 e. The molecule has 114 valence electrons. The van der Waals surface area contributed by atoms with Gasteiger partial charge in [0.15, 0.2) is 6.29 Å². The zero-order valence-electron chi connectivity index (χ0n) is 12.7. The van der Waals surface area contributed by atoms with Crippen LogP contribution < -0.4 is 10.6 Å². The molecule has 0 saturated carbocycles. The average molecular weight is 282 g/mol. The molecule has 5 heteroatoms. The van der Waals surface area contributed by atoms with Crippen molar-refractivity contribution in [1.82, 2.24) is 0 Å². The van der Waals surface area contributed by atoms with E-state index in [0.29, 0.717) is 19.8 Å². The summed E-state index contributed by atoms with van der Waals surface area (Å²) in [4.78, 5) is 2.26. The Morgan fingerprint density at radius 3 is 2.25 bits per heavy atom. The number of benzene rings is 1. The number of nitrogens with zero attached hydrogens (tertiary/aromatic N) is 1. The summed E-state index contributed by atoms with van der Waals surface area (Å²) >= 11 is 0. The molecule has 0 unspecified atom stereocenters. The molecular weight excluding hydrogens is 256 g/mol. The fourth-order valence-electron chi connectivity index (χ4n) is 2.04. The van der Waals surface area contributed by atoms with Gasteiger partial charge in [0.1, 0.15) is 0 Å². The van der Waals surface area contributed by atoms with Crippen molar-refractivity contribution in [2.24, 2.45) is 5.73 Å². The lowest BCUT2D eigenvalue weighted by atomic mass is 10.2. The molecule has 0 aromatic heterocycles. The highest BCUT2D eigenvalue weighted by Crippen LogP contribution is 2.21. The topological polar surface area (TPSA) is 57.0 Å². The molecular formula is C15H26N2O3. The lowest BCUT2D eigenvalue weighted by Crippen LogP contribution is -2.27. The van der Waals surface area contributed by atoms with Crippen molar-refractivity contribution >= 4 is 5.69 Å². The molecule has 0 atom stereocenters. The molecule has 0 amide bonds. The van der Waals surface area contributed by atoms with E-state index in [1.807, 2.05) is 12.1 Å². The molecule has 0 bridgehead atoms. The normalized spacial score (nSPS) is 11.1. The number of likely N-dealkylation sites (N-methyl/N-ethyl adjacent to an activating group) is 1. The van der Waals surface area contributed by atoms with Gasteiger partial charge >= 0.3 is 0 Å². The molecule has 1 aromatic carbocycles. The van der Waals surface area contributed by atoms with Crippen LogP contribution in [-0.2, 0) is 14.2 Å². The molecule has 0 aliphatic heterocycles. The minimum Gasteiger partial charge on any atom is -0.378 e. The van der Waals surface area contributed by atoms with Crippen LogP contribution in [0.1, 0.15) is 18.8 Å². The molecule has 0 saturated heterocycles. The van der Waals surface area contributed by atoms with Crippen LogP contribution in [0, 0.1) is 0 Å². The van der Waals surface area contributed by atoms with E-state index < -0.39 is 0 Å². The Hall–Kier alpha value is -1.14. The summed E-state index contributed by atoms with van der Waals surface area (Å²) in [5, 5.41) is 0. The predicted octanol–water partition coefficient (Wildman–Crippen LogP) is 1.78. The van der Waals surface area contributed by atoms with Crippen molar-refractivity contribution < 1.29 is 14.2 Å². The SMILES string of the molecule is CCN(CCOCCN)c1ccc(C(OC)OC)cc1. The first-order valence-electron chi connectivity index (χ1n) is 6.95. The predicted molar refractivity (Wildman–Crippen MR) is 81.0 cm³/mol. The van der Waals surface area contributed by atoms with Gasteiger partial charge in [0.2, 0.25) is 0 Å². The quantitative estimate of drug-likeness (QED) is 0.523. The zero-order chi connectivity index (χ0) is 14.8. The lowest BCUT2D eigenvalue weighted by Gasteiger charge is -2.24. The van der Waals surface area contributed by atoms with Crippen LogP contribution in [0.5, 0.6) is 0 Å². The van der Waals surface area contributed by atoms with Crippen LogP contribution in [0.3, 0.4) is 0 Å². The van der Waals surface area contributed by atoms with Crippen LogP contribution in [0.2, 0.25) is 0 Å². The van der Waals surface area contributed by atoms with Crippen LogP contribution in [0.4, 0.5) is 5.69 Å². The number of nitrogens with two attached hydrogens (primary N) is 1. The third kappa shape index (κ3) is 5.09. The monoisotopic (exact) mass is 282 g/mol. The summed E-state index contributed by atoms with van der Waals surface area (Å²) in [5.74, 6) is 0. The minimum absolute atomic E-state index is 0.313. The van der Waals surface area contributed by atoms with Crippen molar-refractivity contribution in [3.05, 3.63) is 29.8 Å². The second kappa shape index (κ2) is 9.72. The van der Waals surface area contributed by atoms with E-state index in [4.69, 9.17) is 19.9 Å². The van der Waals surface area contributed by atoms with E-state index in [0.717, 1.165) is 18.7 Å². The molecule has 1 rings (SSSR count).